The summed E-state index contributed by atoms with van der Waals surface area (Å²) in [4.78, 5) is 0. The van der Waals surface area contributed by atoms with E-state index in [1.54, 1.807) is 0 Å². The molecule has 2 atom stereocenters. The van der Waals surface area contributed by atoms with Crippen molar-refractivity contribution in [3.63, 3.8) is 0 Å². The van der Waals surface area contributed by atoms with Gasteiger partial charge in [0.15, 0.2) is 0 Å². The molecule has 0 aliphatic heterocycles. The predicted octanol–water partition coefficient (Wildman–Crippen LogP) is 3.27. The highest BCUT2D eigenvalue weighted by molar-refractivity contribution is 6.77. The van der Waals surface area contributed by atoms with Gasteiger partial charge >= 0.3 is 0 Å². The summed E-state index contributed by atoms with van der Waals surface area (Å²) in [5.74, 6) is 0. The lowest BCUT2D eigenvalue weighted by molar-refractivity contribution is 0.154. The molecule has 0 aromatic carbocycles. The Kier molecular flexibility index (Phi) is 5.10. The smallest absolute Gasteiger partial charge is 0.0542 e. The van der Waals surface area contributed by atoms with E-state index in [0.717, 1.165) is 6.42 Å². The molecule has 1 nitrogen and oxygen atoms in total. The molecule has 12 heavy (non-hydrogen) atoms. The van der Waals surface area contributed by atoms with Gasteiger partial charge in [-0.15, -0.1) is 0 Å². The lowest BCUT2D eigenvalue weighted by Gasteiger charge is -2.32. The predicted molar refractivity (Wildman–Crippen MR) is 58.3 cm³/mol. The average molecular weight is 188 g/mol. The molecular weight excluding hydrogens is 164 g/mol. The first-order chi connectivity index (χ1) is 5.43. The van der Waals surface area contributed by atoms with E-state index in [9.17, 15) is 5.11 Å². The monoisotopic (exact) mass is 188 g/mol. The quantitative estimate of drug-likeness (QED) is 0.657. The van der Waals surface area contributed by atoms with Crippen LogP contribution in [0, 0.1) is 0 Å². The van der Waals surface area contributed by atoms with Crippen LogP contribution in [0.1, 0.15) is 33.1 Å². The van der Waals surface area contributed by atoms with E-state index in [1.807, 2.05) is 0 Å². The summed E-state index contributed by atoms with van der Waals surface area (Å²) in [6.07, 6.45) is 3.25. The zero-order valence-electron chi connectivity index (χ0n) is 9.22. The molecule has 74 valence electrons. The largest absolute Gasteiger partial charge is 0.393 e. The molecule has 0 fully saturated rings. The van der Waals surface area contributed by atoms with Gasteiger partial charge in [-0.2, -0.15) is 0 Å². The molecule has 0 unspecified atom stereocenters. The molecule has 0 amide bonds. The molecule has 0 saturated heterocycles. The zero-order valence-corrected chi connectivity index (χ0v) is 10.2. The summed E-state index contributed by atoms with van der Waals surface area (Å²) in [7, 11) is -1.14. The van der Waals surface area contributed by atoms with Gasteiger partial charge in [-0.05, 0) is 12.0 Å². The summed E-state index contributed by atoms with van der Waals surface area (Å²) in [5, 5.41) is 9.82. The topological polar surface area (TPSA) is 20.2 Å². The van der Waals surface area contributed by atoms with Crippen molar-refractivity contribution in [2.75, 3.05) is 0 Å². The van der Waals surface area contributed by atoms with Crippen molar-refractivity contribution >= 4 is 8.07 Å². The molecule has 0 aliphatic carbocycles. The fourth-order valence-corrected chi connectivity index (χ4v) is 4.34. The second kappa shape index (κ2) is 5.03. The summed E-state index contributed by atoms with van der Waals surface area (Å²) in [6, 6.07) is 0. The Labute approximate surface area is 78.2 Å². The molecule has 0 heterocycles. The van der Waals surface area contributed by atoms with Crippen LogP contribution < -0.4 is 0 Å². The van der Waals surface area contributed by atoms with Crippen molar-refractivity contribution in [2.24, 2.45) is 0 Å². The van der Waals surface area contributed by atoms with Crippen LogP contribution in [0.15, 0.2) is 0 Å². The Hall–Kier alpha value is 0.177. The normalized spacial score (nSPS) is 17.5. The standard InChI is InChI=1S/C10H24OSi/c1-6-8-10(9(11)7-2)12(3,4)5/h9-11H,6-8H2,1-5H3/t9-,10-/m0/s1. The molecule has 0 bridgehead atoms. The molecule has 0 spiro atoms. The second-order valence-corrected chi connectivity index (χ2v) is 10.2. The van der Waals surface area contributed by atoms with E-state index < -0.39 is 8.07 Å². The van der Waals surface area contributed by atoms with E-state index in [-0.39, 0.29) is 6.10 Å². The first kappa shape index (κ1) is 12.2. The van der Waals surface area contributed by atoms with Crippen LogP contribution in [0.3, 0.4) is 0 Å². The highest BCUT2D eigenvalue weighted by atomic mass is 28.3. The molecule has 2 heteroatoms. The number of hydrogen-bond donors (Lipinski definition) is 1. The van der Waals surface area contributed by atoms with Crippen LogP contribution in [0.5, 0.6) is 0 Å². The van der Waals surface area contributed by atoms with Gasteiger partial charge in [0.25, 0.3) is 0 Å². The number of hydrogen-bond acceptors (Lipinski definition) is 1. The molecule has 0 rings (SSSR count). The Bertz CT molecular complexity index is 117. The van der Waals surface area contributed by atoms with Crippen molar-refractivity contribution in [3.05, 3.63) is 0 Å². The van der Waals surface area contributed by atoms with Crippen LogP contribution in [0.2, 0.25) is 25.2 Å². The first-order valence-corrected chi connectivity index (χ1v) is 8.69. The summed E-state index contributed by atoms with van der Waals surface area (Å²) in [6.45, 7) is 11.3. The van der Waals surface area contributed by atoms with Crippen molar-refractivity contribution in [1.82, 2.24) is 0 Å². The number of rotatable bonds is 5. The highest BCUT2D eigenvalue weighted by Gasteiger charge is 2.30. The summed E-state index contributed by atoms with van der Waals surface area (Å²) in [5.41, 5.74) is 0.590. The highest BCUT2D eigenvalue weighted by Crippen LogP contribution is 2.31. The third-order valence-electron chi connectivity index (χ3n) is 2.59. The zero-order chi connectivity index (χ0) is 9.78. The third kappa shape index (κ3) is 3.72. The van der Waals surface area contributed by atoms with Crippen LogP contribution in [-0.4, -0.2) is 19.3 Å². The van der Waals surface area contributed by atoms with Crippen molar-refractivity contribution in [2.45, 2.75) is 64.4 Å². The van der Waals surface area contributed by atoms with E-state index in [4.69, 9.17) is 0 Å². The van der Waals surface area contributed by atoms with E-state index in [2.05, 4.69) is 33.5 Å². The number of aliphatic hydroxyl groups is 1. The SMILES string of the molecule is CCC[C@@H]([C@@H](O)CC)[Si](C)(C)C. The van der Waals surface area contributed by atoms with Crippen LogP contribution >= 0.6 is 0 Å². The second-order valence-electron chi connectivity index (χ2n) is 4.74. The van der Waals surface area contributed by atoms with Crippen molar-refractivity contribution in [1.29, 1.82) is 0 Å². The van der Waals surface area contributed by atoms with Crippen LogP contribution in [-0.2, 0) is 0 Å². The molecule has 0 saturated carbocycles. The lowest BCUT2D eigenvalue weighted by atomic mass is 10.1. The minimum Gasteiger partial charge on any atom is -0.393 e. The third-order valence-corrected chi connectivity index (χ3v) is 5.49. The fourth-order valence-electron chi connectivity index (χ4n) is 1.80. The minimum atomic E-state index is -1.14. The molecule has 1 N–H and O–H groups in total. The van der Waals surface area contributed by atoms with Crippen LogP contribution in [0.25, 0.3) is 0 Å². The van der Waals surface area contributed by atoms with E-state index in [1.165, 1.54) is 12.8 Å². The Morgan fingerprint density at radius 2 is 1.67 bits per heavy atom. The van der Waals surface area contributed by atoms with Gasteiger partial charge in [-0.3, -0.25) is 0 Å². The van der Waals surface area contributed by atoms with E-state index >= 15 is 0 Å². The van der Waals surface area contributed by atoms with E-state index in [0.29, 0.717) is 5.54 Å². The molecule has 0 radical (unpaired) electrons. The maximum absolute atomic E-state index is 9.82. The van der Waals surface area contributed by atoms with Gasteiger partial charge in [0, 0.05) is 0 Å². The van der Waals surface area contributed by atoms with Gasteiger partial charge in [0.1, 0.15) is 0 Å². The maximum Gasteiger partial charge on any atom is 0.0542 e. The van der Waals surface area contributed by atoms with Gasteiger partial charge in [0.05, 0.1) is 14.2 Å². The Morgan fingerprint density at radius 3 is 1.92 bits per heavy atom. The van der Waals surface area contributed by atoms with Crippen molar-refractivity contribution in [3.8, 4) is 0 Å². The van der Waals surface area contributed by atoms with Crippen molar-refractivity contribution < 1.29 is 5.11 Å². The van der Waals surface area contributed by atoms with Gasteiger partial charge in [0.2, 0.25) is 0 Å². The lowest BCUT2D eigenvalue weighted by Crippen LogP contribution is -2.35. The molecule has 0 aromatic heterocycles. The number of aliphatic hydroxyl groups excluding tert-OH is 1. The molecular formula is C10H24OSi. The Balaban J connectivity index is 4.22. The fraction of sp³-hybridized carbons (Fsp3) is 1.00. The van der Waals surface area contributed by atoms with Gasteiger partial charge in [-0.1, -0.05) is 46.3 Å². The first-order valence-electron chi connectivity index (χ1n) is 5.11. The Morgan fingerprint density at radius 1 is 1.17 bits per heavy atom. The summed E-state index contributed by atoms with van der Waals surface area (Å²) >= 11 is 0. The van der Waals surface area contributed by atoms with Crippen LogP contribution in [0.4, 0.5) is 0 Å². The van der Waals surface area contributed by atoms with Gasteiger partial charge in [-0.25, -0.2) is 0 Å². The minimum absolute atomic E-state index is 0.0587. The van der Waals surface area contributed by atoms with Gasteiger partial charge < -0.3 is 5.11 Å². The molecule has 0 aliphatic rings. The summed E-state index contributed by atoms with van der Waals surface area (Å²) < 4.78 is 0. The molecule has 0 aromatic rings. The maximum atomic E-state index is 9.82. The average Bonchev–Trinajstić information content (AvgIpc) is 1.96.